The Bertz CT molecular complexity index is 809. The molecule has 0 bridgehead atoms. The third kappa shape index (κ3) is 6.85. The van der Waals surface area contributed by atoms with E-state index in [4.69, 9.17) is 4.74 Å². The summed E-state index contributed by atoms with van der Waals surface area (Å²) < 4.78 is 4.87. The second-order valence-corrected chi connectivity index (χ2v) is 8.84. The molecule has 0 radical (unpaired) electrons. The molecule has 0 spiro atoms. The molecule has 32 heavy (non-hydrogen) atoms. The lowest BCUT2D eigenvalue weighted by Gasteiger charge is -2.38. The maximum absolute atomic E-state index is 13.3. The molecule has 0 saturated carbocycles. The number of anilines is 2. The first-order chi connectivity index (χ1) is 15.1. The van der Waals surface area contributed by atoms with Crippen molar-refractivity contribution in [3.05, 3.63) is 23.8 Å². The number of benzene rings is 1. The summed E-state index contributed by atoms with van der Waals surface area (Å²) >= 11 is 0. The summed E-state index contributed by atoms with van der Waals surface area (Å²) in [6, 6.07) is 5.31. The molecule has 1 saturated heterocycles. The van der Waals surface area contributed by atoms with Crippen molar-refractivity contribution in [1.82, 2.24) is 15.1 Å². The van der Waals surface area contributed by atoms with Gasteiger partial charge in [0.25, 0.3) is 5.91 Å². The number of hydrogen-bond donors (Lipinski definition) is 2. The number of amides is 4. The van der Waals surface area contributed by atoms with Crippen LogP contribution >= 0.6 is 0 Å². The van der Waals surface area contributed by atoms with Crippen molar-refractivity contribution in [1.29, 1.82) is 0 Å². The molecule has 2 N–H and O–H groups in total. The molecule has 2 rings (SSSR count). The van der Waals surface area contributed by atoms with Gasteiger partial charge in [0.15, 0.2) is 0 Å². The van der Waals surface area contributed by atoms with Crippen LogP contribution in [-0.4, -0.2) is 86.2 Å². The Balaban J connectivity index is 2.23. The van der Waals surface area contributed by atoms with E-state index in [0.717, 1.165) is 5.69 Å². The van der Waals surface area contributed by atoms with Crippen molar-refractivity contribution in [3.63, 3.8) is 0 Å². The molecule has 1 aromatic carbocycles. The smallest absolute Gasteiger partial charge is 0.317 e. The van der Waals surface area contributed by atoms with E-state index < -0.39 is 0 Å². The summed E-state index contributed by atoms with van der Waals surface area (Å²) in [5.74, 6) is -0.360. The maximum atomic E-state index is 13.3. The van der Waals surface area contributed by atoms with Gasteiger partial charge in [0, 0.05) is 63.3 Å². The van der Waals surface area contributed by atoms with E-state index in [1.54, 1.807) is 21.9 Å². The van der Waals surface area contributed by atoms with Gasteiger partial charge in [-0.1, -0.05) is 0 Å². The van der Waals surface area contributed by atoms with Crippen LogP contribution in [0.5, 0.6) is 0 Å². The highest BCUT2D eigenvalue weighted by atomic mass is 16.5. The van der Waals surface area contributed by atoms with Crippen molar-refractivity contribution in [3.8, 4) is 0 Å². The fourth-order valence-electron chi connectivity index (χ4n) is 3.62. The zero-order chi connectivity index (χ0) is 23.9. The quantitative estimate of drug-likeness (QED) is 0.669. The highest BCUT2D eigenvalue weighted by Crippen LogP contribution is 2.27. The van der Waals surface area contributed by atoms with Crippen LogP contribution in [0.3, 0.4) is 0 Å². The summed E-state index contributed by atoms with van der Waals surface area (Å²) in [6.07, 6.45) is 0. The van der Waals surface area contributed by atoms with E-state index in [1.165, 1.54) is 7.11 Å². The van der Waals surface area contributed by atoms with Gasteiger partial charge in [-0.3, -0.25) is 9.59 Å². The van der Waals surface area contributed by atoms with E-state index in [9.17, 15) is 14.4 Å². The highest BCUT2D eigenvalue weighted by molar-refractivity contribution is 6.02. The first-order valence-electron chi connectivity index (χ1n) is 11.1. The number of nitrogens with one attached hydrogen (secondary N) is 2. The Hall–Kier alpha value is -2.81. The van der Waals surface area contributed by atoms with Crippen LogP contribution in [0.15, 0.2) is 18.2 Å². The number of nitrogens with zero attached hydrogens (tertiary/aromatic N) is 3. The van der Waals surface area contributed by atoms with Gasteiger partial charge >= 0.3 is 6.03 Å². The number of hydrogen-bond acceptors (Lipinski definition) is 5. The van der Waals surface area contributed by atoms with Gasteiger partial charge in [0.2, 0.25) is 5.91 Å². The van der Waals surface area contributed by atoms with Crippen molar-refractivity contribution >= 4 is 29.2 Å². The number of urea groups is 1. The molecule has 0 aromatic heterocycles. The van der Waals surface area contributed by atoms with Crippen LogP contribution < -0.4 is 15.5 Å². The Kier molecular flexibility index (Phi) is 8.89. The highest BCUT2D eigenvalue weighted by Gasteiger charge is 2.27. The minimum Gasteiger partial charge on any atom is -0.375 e. The molecule has 0 atom stereocenters. The number of carbonyl (C=O) groups excluding carboxylic acids is 3. The van der Waals surface area contributed by atoms with Crippen molar-refractivity contribution in [2.75, 3.05) is 63.2 Å². The molecule has 0 unspecified atom stereocenters. The fourth-order valence-corrected chi connectivity index (χ4v) is 3.62. The topological polar surface area (TPSA) is 94.2 Å². The second kappa shape index (κ2) is 11.2. The van der Waals surface area contributed by atoms with Crippen molar-refractivity contribution in [2.24, 2.45) is 0 Å². The Morgan fingerprint density at radius 2 is 1.69 bits per heavy atom. The van der Waals surface area contributed by atoms with Gasteiger partial charge in [0.05, 0.1) is 5.56 Å². The van der Waals surface area contributed by atoms with E-state index in [-0.39, 0.29) is 30.0 Å². The largest absolute Gasteiger partial charge is 0.375 e. The average molecular weight is 448 g/mol. The standard InChI is InChI=1S/C23H37N5O4/c1-7-26(8-2)21(30)18-15-17(24-20(29)16-32-6)9-10-19(18)27-11-13-28(14-12-27)22(31)25-23(3,4)5/h9-10,15H,7-8,11-14,16H2,1-6H3,(H,24,29)(H,25,31). The third-order valence-electron chi connectivity index (χ3n) is 5.23. The molecule has 9 heteroatoms. The van der Waals surface area contributed by atoms with Gasteiger partial charge in [-0.25, -0.2) is 4.79 Å². The fraction of sp³-hybridized carbons (Fsp3) is 0.609. The van der Waals surface area contributed by atoms with Gasteiger partial charge in [0.1, 0.15) is 6.61 Å². The molecular formula is C23H37N5O4. The number of rotatable bonds is 7. The summed E-state index contributed by atoms with van der Waals surface area (Å²) in [5.41, 5.74) is 1.61. The number of piperazine rings is 1. The van der Waals surface area contributed by atoms with E-state index in [1.807, 2.05) is 40.7 Å². The first kappa shape index (κ1) is 25.5. The molecule has 9 nitrogen and oxygen atoms in total. The van der Waals surface area contributed by atoms with Gasteiger partial charge in [-0.15, -0.1) is 0 Å². The average Bonchev–Trinajstić information content (AvgIpc) is 2.73. The normalized spacial score (nSPS) is 14.2. The minimum atomic E-state index is -0.291. The molecule has 0 aliphatic carbocycles. The van der Waals surface area contributed by atoms with Crippen LogP contribution in [0.2, 0.25) is 0 Å². The maximum Gasteiger partial charge on any atom is 0.317 e. The molecule has 1 aromatic rings. The van der Waals surface area contributed by atoms with Crippen LogP contribution in [0, 0.1) is 0 Å². The van der Waals surface area contributed by atoms with Gasteiger partial charge < -0.3 is 30.1 Å². The summed E-state index contributed by atoms with van der Waals surface area (Å²) in [4.78, 5) is 43.4. The predicted molar refractivity (Wildman–Crippen MR) is 126 cm³/mol. The molecule has 1 aliphatic rings. The zero-order valence-corrected chi connectivity index (χ0v) is 20.2. The van der Waals surface area contributed by atoms with Crippen molar-refractivity contribution in [2.45, 2.75) is 40.2 Å². The molecule has 4 amide bonds. The van der Waals surface area contributed by atoms with Crippen LogP contribution in [0.1, 0.15) is 45.0 Å². The Morgan fingerprint density at radius 3 is 2.22 bits per heavy atom. The summed E-state index contributed by atoms with van der Waals surface area (Å²) in [6.45, 7) is 13.2. The van der Waals surface area contributed by atoms with E-state index in [0.29, 0.717) is 50.5 Å². The molecule has 1 fully saturated rings. The number of methoxy groups -OCH3 is 1. The van der Waals surface area contributed by atoms with E-state index >= 15 is 0 Å². The third-order valence-corrected chi connectivity index (χ3v) is 5.23. The second-order valence-electron chi connectivity index (χ2n) is 8.84. The van der Waals surface area contributed by atoms with Crippen LogP contribution in [-0.2, 0) is 9.53 Å². The molecule has 178 valence electrons. The lowest BCUT2D eigenvalue weighted by molar-refractivity contribution is -0.119. The summed E-state index contributed by atoms with van der Waals surface area (Å²) in [7, 11) is 1.46. The first-order valence-corrected chi connectivity index (χ1v) is 11.1. The number of ether oxygens (including phenoxy) is 1. The van der Waals surface area contributed by atoms with Gasteiger partial charge in [-0.2, -0.15) is 0 Å². The Labute approximate surface area is 191 Å². The predicted octanol–water partition coefficient (Wildman–Crippen LogP) is 2.38. The number of carbonyl (C=O) groups is 3. The monoisotopic (exact) mass is 447 g/mol. The minimum absolute atomic E-state index is 0.0559. The SMILES string of the molecule is CCN(CC)C(=O)c1cc(NC(=O)COC)ccc1N1CCN(C(=O)NC(C)(C)C)CC1. The summed E-state index contributed by atoms with van der Waals surface area (Å²) in [5, 5.41) is 5.77. The Morgan fingerprint density at radius 1 is 1.06 bits per heavy atom. The van der Waals surface area contributed by atoms with Gasteiger partial charge in [-0.05, 0) is 52.8 Å². The van der Waals surface area contributed by atoms with Crippen LogP contribution in [0.4, 0.5) is 16.2 Å². The molecular weight excluding hydrogens is 410 g/mol. The van der Waals surface area contributed by atoms with Crippen molar-refractivity contribution < 1.29 is 19.1 Å². The lowest BCUT2D eigenvalue weighted by Crippen LogP contribution is -2.55. The van der Waals surface area contributed by atoms with Crippen LogP contribution in [0.25, 0.3) is 0 Å². The molecule has 1 aliphatic heterocycles. The zero-order valence-electron chi connectivity index (χ0n) is 20.2. The lowest BCUT2D eigenvalue weighted by atomic mass is 10.1. The molecule has 1 heterocycles. The van der Waals surface area contributed by atoms with E-state index in [2.05, 4.69) is 15.5 Å².